The molecule has 1 aromatic heterocycles. The second-order valence-corrected chi connectivity index (χ2v) is 3.99. The van der Waals surface area contributed by atoms with Crippen LogP contribution in [0, 0.1) is 11.3 Å². The minimum absolute atomic E-state index is 0.0782. The Labute approximate surface area is 114 Å². The Balaban J connectivity index is 2.36. The number of rotatable bonds is 3. The van der Waals surface area contributed by atoms with E-state index in [1.807, 2.05) is 6.07 Å². The third kappa shape index (κ3) is 3.03. The number of halogens is 1. The van der Waals surface area contributed by atoms with Gasteiger partial charge in [0.2, 0.25) is 11.8 Å². The molecule has 0 saturated carbocycles. The molecule has 0 aliphatic heterocycles. The standard InChI is InChI=1S/C12H10ClN5O/c1-19-11-5-10(17-12(15)18-11)16-9-4-7(6-14)2-3-8(9)13/h2-5H,1H3,(H3,15,16,17,18). The SMILES string of the molecule is COc1cc(Nc2cc(C#N)ccc2Cl)nc(N)n1. The van der Waals surface area contributed by atoms with E-state index in [0.717, 1.165) is 0 Å². The highest BCUT2D eigenvalue weighted by Crippen LogP contribution is 2.27. The monoisotopic (exact) mass is 275 g/mol. The predicted octanol–water partition coefficient (Wildman–Crippen LogP) is 2.34. The maximum Gasteiger partial charge on any atom is 0.225 e. The molecule has 0 atom stereocenters. The molecule has 1 aromatic carbocycles. The average Bonchev–Trinajstić information content (AvgIpc) is 2.40. The van der Waals surface area contributed by atoms with Gasteiger partial charge < -0.3 is 15.8 Å². The Morgan fingerprint density at radius 2 is 2.16 bits per heavy atom. The second-order valence-electron chi connectivity index (χ2n) is 3.59. The van der Waals surface area contributed by atoms with Gasteiger partial charge in [0, 0.05) is 6.07 Å². The molecule has 0 amide bonds. The molecule has 0 unspecified atom stereocenters. The van der Waals surface area contributed by atoms with Crippen molar-refractivity contribution in [1.82, 2.24) is 9.97 Å². The fourth-order valence-electron chi connectivity index (χ4n) is 1.44. The second kappa shape index (κ2) is 5.42. The van der Waals surface area contributed by atoms with Crippen molar-refractivity contribution in [3.63, 3.8) is 0 Å². The largest absolute Gasteiger partial charge is 0.481 e. The Kier molecular flexibility index (Phi) is 3.68. The number of nitrogen functional groups attached to an aromatic ring is 1. The number of ether oxygens (including phenoxy) is 1. The zero-order chi connectivity index (χ0) is 13.8. The van der Waals surface area contributed by atoms with E-state index in [0.29, 0.717) is 28.0 Å². The first-order valence-corrected chi connectivity index (χ1v) is 5.65. The van der Waals surface area contributed by atoms with Gasteiger partial charge in [0.15, 0.2) is 0 Å². The van der Waals surface area contributed by atoms with Gasteiger partial charge in [-0.2, -0.15) is 15.2 Å². The summed E-state index contributed by atoms with van der Waals surface area (Å²) >= 11 is 6.04. The van der Waals surface area contributed by atoms with Gasteiger partial charge in [-0.15, -0.1) is 0 Å². The van der Waals surface area contributed by atoms with Gasteiger partial charge >= 0.3 is 0 Å². The molecule has 6 nitrogen and oxygen atoms in total. The number of hydrogen-bond donors (Lipinski definition) is 2. The lowest BCUT2D eigenvalue weighted by Crippen LogP contribution is -2.02. The Hall–Kier alpha value is -2.52. The summed E-state index contributed by atoms with van der Waals surface area (Å²) in [6, 6.07) is 8.48. The van der Waals surface area contributed by atoms with Crippen molar-refractivity contribution < 1.29 is 4.74 Å². The molecule has 7 heteroatoms. The number of nitrogens with two attached hydrogens (primary N) is 1. The molecule has 0 fully saturated rings. The maximum atomic E-state index is 8.86. The van der Waals surface area contributed by atoms with Crippen LogP contribution in [0.1, 0.15) is 5.56 Å². The molecular formula is C12H10ClN5O. The van der Waals surface area contributed by atoms with Crippen LogP contribution in [-0.4, -0.2) is 17.1 Å². The summed E-state index contributed by atoms with van der Waals surface area (Å²) in [7, 11) is 1.48. The van der Waals surface area contributed by atoms with E-state index in [1.54, 1.807) is 24.3 Å². The molecule has 0 radical (unpaired) electrons. The minimum Gasteiger partial charge on any atom is -0.481 e. The fourth-order valence-corrected chi connectivity index (χ4v) is 1.60. The molecule has 0 spiro atoms. The van der Waals surface area contributed by atoms with Gasteiger partial charge in [-0.3, -0.25) is 0 Å². The highest BCUT2D eigenvalue weighted by atomic mass is 35.5. The van der Waals surface area contributed by atoms with E-state index < -0.39 is 0 Å². The lowest BCUT2D eigenvalue weighted by atomic mass is 10.2. The summed E-state index contributed by atoms with van der Waals surface area (Å²) in [4.78, 5) is 7.88. The van der Waals surface area contributed by atoms with Crippen molar-refractivity contribution in [2.24, 2.45) is 0 Å². The van der Waals surface area contributed by atoms with Crippen molar-refractivity contribution in [3.05, 3.63) is 34.9 Å². The maximum absolute atomic E-state index is 8.86. The number of nitriles is 1. The average molecular weight is 276 g/mol. The highest BCUT2D eigenvalue weighted by Gasteiger charge is 2.06. The van der Waals surface area contributed by atoms with E-state index in [2.05, 4.69) is 15.3 Å². The van der Waals surface area contributed by atoms with Crippen LogP contribution in [0.3, 0.4) is 0 Å². The Morgan fingerprint density at radius 3 is 2.84 bits per heavy atom. The number of nitrogens with zero attached hydrogens (tertiary/aromatic N) is 3. The summed E-state index contributed by atoms with van der Waals surface area (Å²) in [6.07, 6.45) is 0. The molecule has 0 aliphatic carbocycles. The number of hydrogen-bond acceptors (Lipinski definition) is 6. The quantitative estimate of drug-likeness (QED) is 0.892. The first-order valence-electron chi connectivity index (χ1n) is 5.27. The molecule has 2 rings (SSSR count). The van der Waals surface area contributed by atoms with E-state index >= 15 is 0 Å². The molecule has 0 saturated heterocycles. The molecule has 19 heavy (non-hydrogen) atoms. The van der Waals surface area contributed by atoms with Crippen molar-refractivity contribution in [3.8, 4) is 11.9 Å². The van der Waals surface area contributed by atoms with E-state index in [4.69, 9.17) is 27.3 Å². The number of aromatic nitrogens is 2. The number of anilines is 3. The Bertz CT molecular complexity index is 653. The number of benzene rings is 1. The number of nitrogens with one attached hydrogen (secondary N) is 1. The van der Waals surface area contributed by atoms with Gasteiger partial charge in [-0.05, 0) is 18.2 Å². The molecule has 3 N–H and O–H groups in total. The van der Waals surface area contributed by atoms with Crippen molar-refractivity contribution in [1.29, 1.82) is 5.26 Å². The first-order chi connectivity index (χ1) is 9.12. The van der Waals surface area contributed by atoms with Crippen LogP contribution in [0.25, 0.3) is 0 Å². The van der Waals surface area contributed by atoms with Crippen LogP contribution in [-0.2, 0) is 0 Å². The third-order valence-electron chi connectivity index (χ3n) is 2.29. The lowest BCUT2D eigenvalue weighted by molar-refractivity contribution is 0.398. The zero-order valence-corrected chi connectivity index (χ0v) is 10.8. The zero-order valence-electron chi connectivity index (χ0n) is 10.0. The number of methoxy groups -OCH3 is 1. The van der Waals surface area contributed by atoms with Crippen LogP contribution in [0.15, 0.2) is 24.3 Å². The van der Waals surface area contributed by atoms with Crippen molar-refractivity contribution in [2.45, 2.75) is 0 Å². The summed E-state index contributed by atoms with van der Waals surface area (Å²) in [6.45, 7) is 0. The normalized spacial score (nSPS) is 9.74. The molecule has 96 valence electrons. The van der Waals surface area contributed by atoms with Gasteiger partial charge in [0.25, 0.3) is 0 Å². The molecule has 0 bridgehead atoms. The van der Waals surface area contributed by atoms with Gasteiger partial charge in [0.1, 0.15) is 5.82 Å². The van der Waals surface area contributed by atoms with Crippen molar-refractivity contribution in [2.75, 3.05) is 18.2 Å². The summed E-state index contributed by atoms with van der Waals surface area (Å²) in [5.74, 6) is 0.846. The fraction of sp³-hybridized carbons (Fsp3) is 0.0833. The molecule has 1 heterocycles. The van der Waals surface area contributed by atoms with Crippen LogP contribution < -0.4 is 15.8 Å². The van der Waals surface area contributed by atoms with Crippen LogP contribution in [0.5, 0.6) is 5.88 Å². The third-order valence-corrected chi connectivity index (χ3v) is 2.62. The van der Waals surface area contributed by atoms with Crippen LogP contribution in [0.2, 0.25) is 5.02 Å². The molecule has 2 aromatic rings. The van der Waals surface area contributed by atoms with Crippen LogP contribution in [0.4, 0.5) is 17.5 Å². The summed E-state index contributed by atoms with van der Waals surface area (Å²) in [5, 5.41) is 12.3. The van der Waals surface area contributed by atoms with E-state index in [9.17, 15) is 0 Å². The lowest BCUT2D eigenvalue weighted by Gasteiger charge is -2.09. The van der Waals surface area contributed by atoms with Gasteiger partial charge in [-0.25, -0.2) is 0 Å². The molecular weight excluding hydrogens is 266 g/mol. The van der Waals surface area contributed by atoms with E-state index in [-0.39, 0.29) is 5.95 Å². The topological polar surface area (TPSA) is 96.8 Å². The summed E-state index contributed by atoms with van der Waals surface area (Å²) < 4.78 is 4.99. The van der Waals surface area contributed by atoms with Gasteiger partial charge in [-0.1, -0.05) is 11.6 Å². The molecule has 0 aliphatic rings. The van der Waals surface area contributed by atoms with E-state index in [1.165, 1.54) is 7.11 Å². The summed E-state index contributed by atoms with van der Waals surface area (Å²) in [5.41, 5.74) is 6.60. The minimum atomic E-state index is 0.0782. The smallest absolute Gasteiger partial charge is 0.225 e. The highest BCUT2D eigenvalue weighted by molar-refractivity contribution is 6.33. The van der Waals surface area contributed by atoms with Crippen LogP contribution >= 0.6 is 11.6 Å². The Morgan fingerprint density at radius 1 is 1.37 bits per heavy atom. The predicted molar refractivity (Wildman–Crippen MR) is 72.4 cm³/mol. The van der Waals surface area contributed by atoms with Crippen molar-refractivity contribution >= 4 is 29.1 Å². The van der Waals surface area contributed by atoms with Gasteiger partial charge in [0.05, 0.1) is 29.5 Å². The first kappa shape index (κ1) is 12.9.